The number of aromatic hydroxyl groups is 1. The molecule has 0 spiro atoms. The number of morpholine rings is 1. The largest absolute Gasteiger partial charge is 0.504 e. The third-order valence-corrected chi connectivity index (χ3v) is 6.43. The highest BCUT2D eigenvalue weighted by Crippen LogP contribution is 2.43. The molecule has 2 heterocycles. The van der Waals surface area contributed by atoms with Gasteiger partial charge in [-0.25, -0.2) is 0 Å². The maximum Gasteiger partial charge on any atom is 0.204 e. The number of phenolic OH excluding ortho intramolecular Hbond substituents is 1. The number of benzene rings is 3. The molecule has 5 rings (SSSR count). The van der Waals surface area contributed by atoms with Crippen molar-refractivity contribution >= 4 is 11.0 Å². The van der Waals surface area contributed by atoms with Crippen molar-refractivity contribution in [3.63, 3.8) is 0 Å². The Balaban J connectivity index is 1.40. The first-order valence-electron chi connectivity index (χ1n) is 12.7. The summed E-state index contributed by atoms with van der Waals surface area (Å²) < 4.78 is 23.6. The number of hydrogen-bond acceptors (Lipinski definition) is 7. The highest BCUT2D eigenvalue weighted by Gasteiger charge is 2.21. The van der Waals surface area contributed by atoms with Crippen LogP contribution in [0.4, 0.5) is 0 Å². The third-order valence-electron chi connectivity index (χ3n) is 6.43. The molecule has 192 valence electrons. The summed E-state index contributed by atoms with van der Waals surface area (Å²) in [5.41, 5.74) is 1.64. The van der Waals surface area contributed by atoms with Gasteiger partial charge in [-0.1, -0.05) is 60.7 Å². The van der Waals surface area contributed by atoms with E-state index in [4.69, 9.17) is 18.6 Å². The zero-order valence-corrected chi connectivity index (χ0v) is 20.7. The number of unbranched alkanes of at least 4 members (excludes halogenated alkanes) is 1. The van der Waals surface area contributed by atoms with E-state index in [-0.39, 0.29) is 34.5 Å². The first-order chi connectivity index (χ1) is 18.2. The van der Waals surface area contributed by atoms with Crippen LogP contribution in [0.2, 0.25) is 0 Å². The Labute approximate surface area is 215 Å². The Kier molecular flexibility index (Phi) is 8.03. The summed E-state index contributed by atoms with van der Waals surface area (Å²) in [6, 6.07) is 22.1. The molecule has 0 atom stereocenters. The van der Waals surface area contributed by atoms with Gasteiger partial charge >= 0.3 is 0 Å². The third kappa shape index (κ3) is 6.13. The van der Waals surface area contributed by atoms with Crippen LogP contribution in [0, 0.1) is 0 Å². The van der Waals surface area contributed by atoms with Gasteiger partial charge in [0.1, 0.15) is 23.3 Å². The molecule has 0 amide bonds. The summed E-state index contributed by atoms with van der Waals surface area (Å²) in [6.45, 7) is 5.09. The smallest absolute Gasteiger partial charge is 0.204 e. The lowest BCUT2D eigenvalue weighted by atomic mass is 10.1. The average molecular weight is 502 g/mol. The molecule has 1 aromatic heterocycles. The van der Waals surface area contributed by atoms with Gasteiger partial charge in [0.2, 0.25) is 5.75 Å². The molecule has 1 fully saturated rings. The van der Waals surface area contributed by atoms with Crippen molar-refractivity contribution in [3.05, 3.63) is 88.6 Å². The molecule has 3 aromatic carbocycles. The molecule has 0 saturated carbocycles. The van der Waals surface area contributed by atoms with Crippen molar-refractivity contribution < 1.29 is 23.7 Å². The van der Waals surface area contributed by atoms with Crippen LogP contribution in [0.5, 0.6) is 17.2 Å². The molecular weight excluding hydrogens is 470 g/mol. The predicted molar refractivity (Wildman–Crippen MR) is 142 cm³/mol. The summed E-state index contributed by atoms with van der Waals surface area (Å²) in [7, 11) is 0. The number of ether oxygens (including phenoxy) is 3. The van der Waals surface area contributed by atoms with Gasteiger partial charge in [-0.15, -0.1) is 0 Å². The lowest BCUT2D eigenvalue weighted by Gasteiger charge is -2.26. The van der Waals surface area contributed by atoms with Crippen molar-refractivity contribution in [2.75, 3.05) is 39.5 Å². The molecule has 0 radical (unpaired) electrons. The summed E-state index contributed by atoms with van der Waals surface area (Å²) in [5, 5.41) is 11.2. The van der Waals surface area contributed by atoms with E-state index in [1.165, 1.54) is 6.07 Å². The first-order valence-corrected chi connectivity index (χ1v) is 12.7. The number of phenols is 1. The second-order valence-electron chi connectivity index (χ2n) is 9.05. The van der Waals surface area contributed by atoms with Crippen LogP contribution in [0.1, 0.15) is 18.4 Å². The zero-order valence-electron chi connectivity index (χ0n) is 20.7. The van der Waals surface area contributed by atoms with Crippen LogP contribution in [-0.4, -0.2) is 49.5 Å². The summed E-state index contributed by atoms with van der Waals surface area (Å²) in [5.74, 6) is 0.648. The summed E-state index contributed by atoms with van der Waals surface area (Å²) >= 11 is 0. The van der Waals surface area contributed by atoms with Gasteiger partial charge in [-0.05, 0) is 24.9 Å². The fourth-order valence-corrected chi connectivity index (χ4v) is 4.42. The molecular formula is C30H31NO6. The second-order valence-corrected chi connectivity index (χ2v) is 9.05. The Morgan fingerprint density at radius 1 is 0.892 bits per heavy atom. The van der Waals surface area contributed by atoms with Crippen molar-refractivity contribution in [2.45, 2.75) is 19.4 Å². The van der Waals surface area contributed by atoms with Crippen LogP contribution in [-0.2, 0) is 11.3 Å². The molecule has 7 heteroatoms. The van der Waals surface area contributed by atoms with Crippen molar-refractivity contribution in [2.24, 2.45) is 0 Å². The van der Waals surface area contributed by atoms with E-state index >= 15 is 0 Å². The second kappa shape index (κ2) is 12.0. The van der Waals surface area contributed by atoms with Crippen LogP contribution in [0.15, 0.2) is 82.0 Å². The van der Waals surface area contributed by atoms with E-state index in [0.29, 0.717) is 18.1 Å². The van der Waals surface area contributed by atoms with Crippen LogP contribution < -0.4 is 14.9 Å². The quantitative estimate of drug-likeness (QED) is 0.298. The minimum Gasteiger partial charge on any atom is -0.504 e. The maximum atomic E-state index is 13.1. The van der Waals surface area contributed by atoms with Gasteiger partial charge in [0.25, 0.3) is 0 Å². The van der Waals surface area contributed by atoms with Crippen molar-refractivity contribution in [3.8, 4) is 28.6 Å². The lowest BCUT2D eigenvalue weighted by Crippen LogP contribution is -2.36. The predicted octanol–water partition coefficient (Wildman–Crippen LogP) is 5.24. The molecule has 0 bridgehead atoms. The highest BCUT2D eigenvalue weighted by molar-refractivity contribution is 5.89. The Hall–Kier alpha value is -3.81. The molecule has 1 aliphatic rings. The van der Waals surface area contributed by atoms with Gasteiger partial charge in [-0.3, -0.25) is 9.69 Å². The zero-order chi connectivity index (χ0) is 25.5. The molecule has 1 aliphatic heterocycles. The van der Waals surface area contributed by atoms with E-state index in [2.05, 4.69) is 4.90 Å². The minimum absolute atomic E-state index is 0.0788. The Morgan fingerprint density at radius 2 is 1.62 bits per heavy atom. The van der Waals surface area contributed by atoms with Crippen molar-refractivity contribution in [1.29, 1.82) is 0 Å². The fourth-order valence-electron chi connectivity index (χ4n) is 4.42. The SMILES string of the molecule is O=c1cc(-c2ccccc2)oc2cc(OCc3ccccc3)c(OCCCCN3CCOCC3)c(O)c12. The number of hydrogen-bond donors (Lipinski definition) is 1. The topological polar surface area (TPSA) is 81.4 Å². The Bertz CT molecular complexity index is 1360. The standard InChI is InChI=1S/C30H31NO6/c32-24-19-25(23-11-5-2-6-12-23)37-26-20-27(36-21-22-9-3-1-4-10-22)30(29(33)28(24)26)35-16-8-7-13-31-14-17-34-18-15-31/h1-6,9-12,19-20,33H,7-8,13-18,21H2. The van der Waals surface area contributed by atoms with Crippen molar-refractivity contribution in [1.82, 2.24) is 4.90 Å². The maximum absolute atomic E-state index is 13.1. The first kappa shape index (κ1) is 24.9. The van der Waals surface area contributed by atoms with Crippen LogP contribution >= 0.6 is 0 Å². The van der Waals surface area contributed by atoms with E-state index < -0.39 is 0 Å². The number of fused-ring (bicyclic) bond motifs is 1. The van der Waals surface area contributed by atoms with E-state index in [1.54, 1.807) is 6.07 Å². The molecule has 37 heavy (non-hydrogen) atoms. The van der Waals surface area contributed by atoms with Gasteiger partial charge in [0.15, 0.2) is 16.9 Å². The van der Waals surface area contributed by atoms with Crippen LogP contribution in [0.3, 0.4) is 0 Å². The number of nitrogens with zero attached hydrogens (tertiary/aromatic N) is 1. The van der Waals surface area contributed by atoms with Gasteiger partial charge < -0.3 is 23.7 Å². The molecule has 1 saturated heterocycles. The molecule has 4 aromatic rings. The summed E-state index contributed by atoms with van der Waals surface area (Å²) in [6.07, 6.45) is 1.76. The molecule has 0 aliphatic carbocycles. The van der Waals surface area contributed by atoms with E-state index in [1.807, 2.05) is 60.7 Å². The van der Waals surface area contributed by atoms with Gasteiger partial charge in [0.05, 0.1) is 19.8 Å². The monoisotopic (exact) mass is 501 g/mol. The number of rotatable bonds is 10. The molecule has 1 N–H and O–H groups in total. The van der Waals surface area contributed by atoms with E-state index in [0.717, 1.165) is 56.8 Å². The lowest BCUT2D eigenvalue weighted by molar-refractivity contribution is 0.0367. The average Bonchev–Trinajstić information content (AvgIpc) is 2.94. The fraction of sp³-hybridized carbons (Fsp3) is 0.300. The van der Waals surface area contributed by atoms with Gasteiger partial charge in [0, 0.05) is 30.8 Å². The van der Waals surface area contributed by atoms with Crippen LogP contribution in [0.25, 0.3) is 22.3 Å². The van der Waals surface area contributed by atoms with Gasteiger partial charge in [-0.2, -0.15) is 0 Å². The normalized spacial score (nSPS) is 14.1. The Morgan fingerprint density at radius 3 is 2.38 bits per heavy atom. The van der Waals surface area contributed by atoms with E-state index in [9.17, 15) is 9.90 Å². The molecule has 7 nitrogen and oxygen atoms in total. The molecule has 0 unspecified atom stereocenters. The summed E-state index contributed by atoms with van der Waals surface area (Å²) in [4.78, 5) is 15.4. The minimum atomic E-state index is -0.343. The highest BCUT2D eigenvalue weighted by atomic mass is 16.5.